The van der Waals surface area contributed by atoms with Crippen LogP contribution < -0.4 is 0 Å². The second-order valence-corrected chi connectivity index (χ2v) is 6.61. The Balaban J connectivity index is 2.42. The minimum absolute atomic E-state index is 0.374. The number of esters is 1. The average Bonchev–Trinajstić information content (AvgIpc) is 2.51. The molecule has 0 aliphatic heterocycles. The van der Waals surface area contributed by atoms with Crippen molar-refractivity contribution in [1.82, 2.24) is 0 Å². The van der Waals surface area contributed by atoms with Gasteiger partial charge < -0.3 is 4.74 Å². The number of halogens is 3. The number of carbonyl (C=O) groups excluding carboxylic acids is 1. The summed E-state index contributed by atoms with van der Waals surface area (Å²) in [5, 5.41) is 1.79. The predicted octanol–water partition coefficient (Wildman–Crippen LogP) is 5.60. The first kappa shape index (κ1) is 18.3. The van der Waals surface area contributed by atoms with E-state index in [0.29, 0.717) is 5.56 Å². The number of hydrogen-bond acceptors (Lipinski definition) is 2. The topological polar surface area (TPSA) is 26.3 Å². The summed E-state index contributed by atoms with van der Waals surface area (Å²) in [6.07, 6.45) is -5.03. The number of ether oxygens (including phenoxy) is 1. The Morgan fingerprint density at radius 2 is 1.58 bits per heavy atom. The van der Waals surface area contributed by atoms with Crippen molar-refractivity contribution in [3.63, 3.8) is 0 Å². The molecule has 2 nitrogen and oxygen atoms in total. The highest BCUT2D eigenvalue weighted by atomic mass is 19.4. The number of carbonyl (C=O) groups is 1. The third-order valence-electron chi connectivity index (χ3n) is 4.57. The highest BCUT2D eigenvalue weighted by molar-refractivity contribution is 5.87. The van der Waals surface area contributed by atoms with Crippen molar-refractivity contribution in [2.75, 3.05) is 0 Å². The van der Waals surface area contributed by atoms with E-state index in [1.54, 1.807) is 26.0 Å². The lowest BCUT2D eigenvalue weighted by molar-refractivity contribution is -0.237. The van der Waals surface area contributed by atoms with Crippen LogP contribution in [0.5, 0.6) is 0 Å². The molecule has 2 rings (SSSR count). The third-order valence-corrected chi connectivity index (χ3v) is 4.57. The largest absolute Gasteiger partial charge is 0.454 e. The van der Waals surface area contributed by atoms with Crippen LogP contribution in [0.2, 0.25) is 0 Å². The summed E-state index contributed by atoms with van der Waals surface area (Å²) in [4.78, 5) is 12.3. The summed E-state index contributed by atoms with van der Waals surface area (Å²) in [5.41, 5.74) is -3.02. The first-order valence-electron chi connectivity index (χ1n) is 7.81. The number of alkyl halides is 3. The first-order valence-corrected chi connectivity index (χ1v) is 7.81. The quantitative estimate of drug-likeness (QED) is 0.679. The molecule has 130 valence electrons. The SMILES string of the molecule is CCC(C)(C(=O)OC(C)(C)c1cccc2ccccc12)C(F)(F)F. The fourth-order valence-corrected chi connectivity index (χ4v) is 2.61. The van der Waals surface area contributed by atoms with Crippen molar-refractivity contribution >= 4 is 16.7 Å². The van der Waals surface area contributed by atoms with Crippen LogP contribution >= 0.6 is 0 Å². The molecule has 2 aromatic rings. The molecule has 0 N–H and O–H groups in total. The molecule has 0 radical (unpaired) electrons. The van der Waals surface area contributed by atoms with Crippen LogP contribution in [0, 0.1) is 5.41 Å². The standard InChI is InChI=1S/C19H21F3O2/c1-5-18(4,19(20,21)22)16(23)24-17(2,3)15-12-8-10-13-9-6-7-11-14(13)15/h6-12H,5H2,1-4H3. The van der Waals surface area contributed by atoms with Gasteiger partial charge in [0.05, 0.1) is 0 Å². The van der Waals surface area contributed by atoms with Gasteiger partial charge in [0.2, 0.25) is 0 Å². The molecular formula is C19H21F3O2. The average molecular weight is 338 g/mol. The molecule has 0 heterocycles. The van der Waals surface area contributed by atoms with E-state index in [4.69, 9.17) is 4.74 Å². The maximum absolute atomic E-state index is 13.3. The van der Waals surface area contributed by atoms with Crippen molar-refractivity contribution in [2.45, 2.75) is 45.9 Å². The monoisotopic (exact) mass is 338 g/mol. The van der Waals surface area contributed by atoms with Crippen molar-refractivity contribution in [3.8, 4) is 0 Å². The summed E-state index contributed by atoms with van der Waals surface area (Å²) >= 11 is 0. The van der Waals surface area contributed by atoms with Gasteiger partial charge in [0, 0.05) is 5.56 Å². The van der Waals surface area contributed by atoms with Gasteiger partial charge in [-0.3, -0.25) is 4.79 Å². The first-order chi connectivity index (χ1) is 11.0. The van der Waals surface area contributed by atoms with Gasteiger partial charge in [-0.1, -0.05) is 49.4 Å². The Morgan fingerprint density at radius 1 is 1.00 bits per heavy atom. The molecule has 1 atom stereocenters. The van der Waals surface area contributed by atoms with E-state index in [1.807, 2.05) is 30.3 Å². The van der Waals surface area contributed by atoms with Crippen LogP contribution in [0.3, 0.4) is 0 Å². The molecule has 0 aliphatic carbocycles. The molecule has 0 spiro atoms. The van der Waals surface area contributed by atoms with E-state index >= 15 is 0 Å². The van der Waals surface area contributed by atoms with Crippen LogP contribution in [0.1, 0.15) is 39.7 Å². The van der Waals surface area contributed by atoms with E-state index in [-0.39, 0.29) is 6.42 Å². The van der Waals surface area contributed by atoms with Gasteiger partial charge in [0.1, 0.15) is 5.60 Å². The van der Waals surface area contributed by atoms with Gasteiger partial charge >= 0.3 is 12.1 Å². The van der Waals surface area contributed by atoms with E-state index in [2.05, 4.69) is 0 Å². The summed E-state index contributed by atoms with van der Waals surface area (Å²) in [5.74, 6) is -1.25. The lowest BCUT2D eigenvalue weighted by Gasteiger charge is -2.34. The Kier molecular flexibility index (Phi) is 4.66. The minimum atomic E-state index is -4.66. The van der Waals surface area contributed by atoms with Crippen molar-refractivity contribution < 1.29 is 22.7 Å². The number of hydrogen-bond donors (Lipinski definition) is 0. The molecule has 2 aromatic carbocycles. The number of fused-ring (bicyclic) bond motifs is 1. The second-order valence-electron chi connectivity index (χ2n) is 6.61. The summed E-state index contributed by atoms with van der Waals surface area (Å²) in [6.45, 7) is 5.44. The van der Waals surface area contributed by atoms with Crippen LogP contribution in [0.4, 0.5) is 13.2 Å². The van der Waals surface area contributed by atoms with E-state index in [0.717, 1.165) is 17.7 Å². The summed E-state index contributed by atoms with van der Waals surface area (Å²) < 4.78 is 45.2. The molecule has 0 bridgehead atoms. The van der Waals surface area contributed by atoms with Crippen molar-refractivity contribution in [3.05, 3.63) is 48.0 Å². The fraction of sp³-hybridized carbons (Fsp3) is 0.421. The van der Waals surface area contributed by atoms with Crippen LogP contribution in [0.15, 0.2) is 42.5 Å². The molecule has 24 heavy (non-hydrogen) atoms. The highest BCUT2D eigenvalue weighted by Gasteiger charge is 2.57. The molecule has 0 saturated carbocycles. The van der Waals surface area contributed by atoms with Gasteiger partial charge in [-0.2, -0.15) is 13.2 Å². The normalized spacial score (nSPS) is 15.1. The lowest BCUT2D eigenvalue weighted by atomic mass is 9.86. The van der Waals surface area contributed by atoms with E-state index in [9.17, 15) is 18.0 Å². The molecule has 0 fully saturated rings. The zero-order valence-corrected chi connectivity index (χ0v) is 14.2. The molecule has 0 saturated heterocycles. The zero-order valence-electron chi connectivity index (χ0n) is 14.2. The Hall–Kier alpha value is -2.04. The Morgan fingerprint density at radius 3 is 2.17 bits per heavy atom. The number of rotatable bonds is 4. The number of benzene rings is 2. The lowest BCUT2D eigenvalue weighted by Crippen LogP contribution is -2.45. The Bertz CT molecular complexity index is 744. The molecule has 0 aliphatic rings. The van der Waals surface area contributed by atoms with Crippen molar-refractivity contribution in [1.29, 1.82) is 0 Å². The fourth-order valence-electron chi connectivity index (χ4n) is 2.61. The molecular weight excluding hydrogens is 317 g/mol. The summed E-state index contributed by atoms with van der Waals surface area (Å²) in [7, 11) is 0. The maximum atomic E-state index is 13.3. The molecule has 1 unspecified atom stereocenters. The smallest absolute Gasteiger partial charge is 0.404 e. The van der Waals surface area contributed by atoms with E-state index in [1.165, 1.54) is 6.92 Å². The third kappa shape index (κ3) is 3.12. The Labute approximate surface area is 139 Å². The van der Waals surface area contributed by atoms with Gasteiger partial charge in [-0.25, -0.2) is 0 Å². The predicted molar refractivity (Wildman–Crippen MR) is 87.5 cm³/mol. The van der Waals surface area contributed by atoms with Crippen LogP contribution in [-0.2, 0) is 15.1 Å². The summed E-state index contributed by atoms with van der Waals surface area (Å²) in [6, 6.07) is 13.0. The zero-order chi connectivity index (χ0) is 18.2. The van der Waals surface area contributed by atoms with Gasteiger partial charge in [-0.05, 0) is 38.0 Å². The van der Waals surface area contributed by atoms with Crippen molar-refractivity contribution in [2.24, 2.45) is 5.41 Å². The highest BCUT2D eigenvalue weighted by Crippen LogP contribution is 2.44. The maximum Gasteiger partial charge on any atom is 0.404 e. The van der Waals surface area contributed by atoms with Crippen LogP contribution in [0.25, 0.3) is 10.8 Å². The van der Waals surface area contributed by atoms with Gasteiger partial charge in [0.25, 0.3) is 0 Å². The van der Waals surface area contributed by atoms with E-state index < -0.39 is 23.2 Å². The van der Waals surface area contributed by atoms with Gasteiger partial charge in [0.15, 0.2) is 5.41 Å². The minimum Gasteiger partial charge on any atom is -0.454 e. The molecule has 0 amide bonds. The van der Waals surface area contributed by atoms with Gasteiger partial charge in [-0.15, -0.1) is 0 Å². The van der Waals surface area contributed by atoms with Crippen LogP contribution in [-0.4, -0.2) is 12.1 Å². The molecule has 5 heteroatoms. The second kappa shape index (κ2) is 6.11. The molecule has 0 aromatic heterocycles.